The summed E-state index contributed by atoms with van der Waals surface area (Å²) in [5, 5.41) is 18.1. The summed E-state index contributed by atoms with van der Waals surface area (Å²) in [5.74, 6) is 0.483. The van der Waals surface area contributed by atoms with Crippen molar-refractivity contribution in [3.8, 4) is 39.8 Å². The van der Waals surface area contributed by atoms with E-state index in [0.29, 0.717) is 40.4 Å². The quantitative estimate of drug-likeness (QED) is 0.356. The Kier molecular flexibility index (Phi) is 5.40. The summed E-state index contributed by atoms with van der Waals surface area (Å²) in [4.78, 5) is 12.3. The minimum atomic E-state index is -0.639. The van der Waals surface area contributed by atoms with Gasteiger partial charge in [0.05, 0.1) is 29.4 Å². The van der Waals surface area contributed by atoms with E-state index in [2.05, 4.69) is 25.1 Å². The summed E-state index contributed by atoms with van der Waals surface area (Å²) in [6.45, 7) is 0.551. The summed E-state index contributed by atoms with van der Waals surface area (Å²) in [7, 11) is 0. The first-order valence-electron chi connectivity index (χ1n) is 11.7. The van der Waals surface area contributed by atoms with Crippen molar-refractivity contribution in [1.82, 2.24) is 25.1 Å². The second-order valence-electron chi connectivity index (χ2n) is 8.95. The zero-order chi connectivity index (χ0) is 24.9. The first-order valence-corrected chi connectivity index (χ1v) is 12.1. The van der Waals surface area contributed by atoms with Gasteiger partial charge in [0.2, 0.25) is 12.3 Å². The van der Waals surface area contributed by atoms with Crippen LogP contribution < -0.4 is 4.74 Å². The standard InChI is InChI=1S/C26H20ClN5O5/c27-17-9-18-24(31-26(29-18)37-20-11-35-22-19(33)10-34-23(20)22)30-21(17)15-5-1-13(2-6-15)14-3-7-16(8-4-14)25-32-28-12-36-25/h1-9,12,19-20,22-23,33H,10-11H2,(H,29,30,31)/t19-,20-,22?,23?/m1/s1. The molecule has 2 aliphatic heterocycles. The van der Waals surface area contributed by atoms with Crippen molar-refractivity contribution in [2.75, 3.05) is 13.2 Å². The van der Waals surface area contributed by atoms with Crippen LogP contribution >= 0.6 is 11.6 Å². The van der Waals surface area contributed by atoms with E-state index in [1.165, 1.54) is 6.39 Å². The second kappa shape index (κ2) is 8.93. The molecule has 0 saturated carbocycles. The highest BCUT2D eigenvalue weighted by molar-refractivity contribution is 6.33. The number of nitrogens with zero attached hydrogens (tertiary/aromatic N) is 4. The average Bonchev–Trinajstić information content (AvgIpc) is 3.71. The molecule has 10 nitrogen and oxygen atoms in total. The predicted octanol–water partition coefficient (Wildman–Crippen LogP) is 3.90. The lowest BCUT2D eigenvalue weighted by Gasteiger charge is -2.15. The van der Waals surface area contributed by atoms with Gasteiger partial charge >= 0.3 is 0 Å². The molecule has 2 N–H and O–H groups in total. The summed E-state index contributed by atoms with van der Waals surface area (Å²) in [5.41, 5.74) is 5.58. The van der Waals surface area contributed by atoms with E-state index >= 15 is 0 Å². The molecule has 2 saturated heterocycles. The van der Waals surface area contributed by atoms with Gasteiger partial charge in [-0.05, 0) is 29.3 Å². The number of nitrogens with one attached hydrogen (secondary N) is 1. The third-order valence-corrected chi connectivity index (χ3v) is 6.92. The molecule has 186 valence electrons. The summed E-state index contributed by atoms with van der Waals surface area (Å²) in [6.07, 6.45) is -0.403. The smallest absolute Gasteiger partial charge is 0.296 e. The topological polar surface area (TPSA) is 128 Å². The molecule has 37 heavy (non-hydrogen) atoms. The van der Waals surface area contributed by atoms with Gasteiger partial charge < -0.3 is 28.7 Å². The lowest BCUT2D eigenvalue weighted by atomic mass is 10.0. The normalized spacial score (nSPS) is 23.0. The Morgan fingerprint density at radius 1 is 0.892 bits per heavy atom. The van der Waals surface area contributed by atoms with Crippen molar-refractivity contribution < 1.29 is 23.7 Å². The number of aromatic nitrogens is 5. The van der Waals surface area contributed by atoms with Crippen molar-refractivity contribution in [2.24, 2.45) is 0 Å². The second-order valence-corrected chi connectivity index (χ2v) is 9.36. The number of imidazole rings is 1. The number of benzene rings is 2. The molecule has 2 unspecified atom stereocenters. The maximum Gasteiger partial charge on any atom is 0.296 e. The van der Waals surface area contributed by atoms with E-state index in [1.54, 1.807) is 6.07 Å². The first kappa shape index (κ1) is 22.4. The molecule has 0 spiro atoms. The van der Waals surface area contributed by atoms with Gasteiger partial charge in [0, 0.05) is 11.1 Å². The maximum atomic E-state index is 9.93. The lowest BCUT2D eigenvalue weighted by molar-refractivity contribution is 0.00706. The number of hydrogen-bond acceptors (Lipinski definition) is 9. The molecule has 11 heteroatoms. The number of aliphatic hydroxyl groups excluding tert-OH is 1. The van der Waals surface area contributed by atoms with E-state index in [-0.39, 0.29) is 24.9 Å². The average molecular weight is 518 g/mol. The Balaban J connectivity index is 1.11. The number of aliphatic hydroxyl groups is 1. The van der Waals surface area contributed by atoms with Crippen LogP contribution in [0.5, 0.6) is 6.01 Å². The molecule has 2 fully saturated rings. The molecule has 5 aromatic rings. The number of halogens is 1. The van der Waals surface area contributed by atoms with E-state index in [1.807, 2.05) is 48.5 Å². The maximum absolute atomic E-state index is 9.93. The summed E-state index contributed by atoms with van der Waals surface area (Å²) < 4.78 is 22.5. The molecular weight excluding hydrogens is 498 g/mol. The van der Waals surface area contributed by atoms with Gasteiger partial charge in [-0.25, -0.2) is 4.98 Å². The summed E-state index contributed by atoms with van der Waals surface area (Å²) in [6, 6.07) is 18.0. The Hall–Kier alpha value is -3.83. The van der Waals surface area contributed by atoms with Crippen LogP contribution in [0.25, 0.3) is 45.0 Å². The van der Waals surface area contributed by atoms with Crippen molar-refractivity contribution in [1.29, 1.82) is 0 Å². The van der Waals surface area contributed by atoms with E-state index < -0.39 is 6.10 Å². The van der Waals surface area contributed by atoms with Crippen LogP contribution in [0.1, 0.15) is 0 Å². The van der Waals surface area contributed by atoms with E-state index in [4.69, 9.17) is 30.2 Å². The number of fused-ring (bicyclic) bond motifs is 2. The number of pyridine rings is 1. The van der Waals surface area contributed by atoms with Gasteiger partial charge in [-0.1, -0.05) is 48.0 Å². The van der Waals surface area contributed by atoms with Crippen molar-refractivity contribution in [2.45, 2.75) is 24.4 Å². The third-order valence-electron chi connectivity index (χ3n) is 6.63. The van der Waals surface area contributed by atoms with Gasteiger partial charge in [-0.15, -0.1) is 10.2 Å². The zero-order valence-electron chi connectivity index (χ0n) is 19.2. The van der Waals surface area contributed by atoms with Gasteiger partial charge in [0.15, 0.2) is 11.8 Å². The number of ether oxygens (including phenoxy) is 3. The molecular formula is C26H20ClN5O5. The van der Waals surface area contributed by atoms with Crippen LogP contribution in [0.15, 0.2) is 65.4 Å². The predicted molar refractivity (Wildman–Crippen MR) is 133 cm³/mol. The SMILES string of the molecule is O[C@@H]1COC2C1OC[C@H]2Oc1nc2nc(-c3ccc(-c4ccc(-c5nnco5)cc4)cc3)c(Cl)cc2[nH]1. The van der Waals surface area contributed by atoms with Gasteiger partial charge in [0.1, 0.15) is 18.3 Å². The fourth-order valence-corrected chi connectivity index (χ4v) is 5.03. The van der Waals surface area contributed by atoms with Crippen LogP contribution in [0.4, 0.5) is 0 Å². The fraction of sp³-hybridized carbons (Fsp3) is 0.231. The summed E-state index contributed by atoms with van der Waals surface area (Å²) >= 11 is 6.59. The Bertz CT molecular complexity index is 1560. The lowest BCUT2D eigenvalue weighted by Crippen LogP contribution is -2.34. The van der Waals surface area contributed by atoms with Gasteiger partial charge in [-0.3, -0.25) is 0 Å². The van der Waals surface area contributed by atoms with Crippen LogP contribution in [0.2, 0.25) is 5.02 Å². The molecule has 3 aromatic heterocycles. The van der Waals surface area contributed by atoms with Crippen LogP contribution in [-0.2, 0) is 9.47 Å². The van der Waals surface area contributed by atoms with E-state index in [9.17, 15) is 5.11 Å². The van der Waals surface area contributed by atoms with Gasteiger partial charge in [-0.2, -0.15) is 4.98 Å². The fourth-order valence-electron chi connectivity index (χ4n) is 4.77. The minimum absolute atomic E-state index is 0.236. The highest BCUT2D eigenvalue weighted by atomic mass is 35.5. The van der Waals surface area contributed by atoms with Crippen LogP contribution in [-0.4, -0.2) is 67.9 Å². The molecule has 5 heterocycles. The first-order chi connectivity index (χ1) is 18.1. The molecule has 2 aliphatic rings. The molecule has 4 atom stereocenters. The Labute approximate surface area is 215 Å². The Morgan fingerprint density at radius 3 is 2.32 bits per heavy atom. The number of rotatable bonds is 5. The van der Waals surface area contributed by atoms with Crippen molar-refractivity contribution >= 4 is 22.8 Å². The molecule has 2 aromatic carbocycles. The van der Waals surface area contributed by atoms with E-state index in [0.717, 1.165) is 22.3 Å². The zero-order valence-corrected chi connectivity index (χ0v) is 20.0. The van der Waals surface area contributed by atoms with Crippen molar-refractivity contribution in [3.05, 3.63) is 66.0 Å². The molecule has 0 aliphatic carbocycles. The molecule has 7 rings (SSSR count). The number of aromatic amines is 1. The molecule has 0 amide bonds. The van der Waals surface area contributed by atoms with Crippen LogP contribution in [0.3, 0.4) is 0 Å². The Morgan fingerprint density at radius 2 is 1.59 bits per heavy atom. The molecule has 0 bridgehead atoms. The molecule has 0 radical (unpaired) electrons. The number of H-pyrrole nitrogens is 1. The number of hydrogen-bond donors (Lipinski definition) is 2. The van der Waals surface area contributed by atoms with Gasteiger partial charge in [0.25, 0.3) is 6.01 Å². The largest absolute Gasteiger partial charge is 0.456 e. The van der Waals surface area contributed by atoms with Crippen molar-refractivity contribution in [3.63, 3.8) is 0 Å². The highest BCUT2D eigenvalue weighted by Gasteiger charge is 2.48. The third kappa shape index (κ3) is 4.04. The minimum Gasteiger partial charge on any atom is -0.456 e. The monoisotopic (exact) mass is 517 g/mol. The highest BCUT2D eigenvalue weighted by Crippen LogP contribution is 2.33. The van der Waals surface area contributed by atoms with Crippen LogP contribution in [0, 0.1) is 0 Å².